The third kappa shape index (κ3) is 6.45. The van der Waals surface area contributed by atoms with Gasteiger partial charge in [0.25, 0.3) is 0 Å². The van der Waals surface area contributed by atoms with Crippen LogP contribution in [0.15, 0.2) is 72.8 Å². The predicted octanol–water partition coefficient (Wildman–Crippen LogP) is 4.16. The fourth-order valence-electron chi connectivity index (χ4n) is 4.39. The first kappa shape index (κ1) is 28.3. The highest BCUT2D eigenvalue weighted by atomic mass is 16.5. The van der Waals surface area contributed by atoms with Crippen LogP contribution >= 0.6 is 0 Å². The van der Waals surface area contributed by atoms with Gasteiger partial charge in [0.1, 0.15) is 23.9 Å². The minimum absolute atomic E-state index is 0.192. The smallest absolute Gasteiger partial charge is 0.337 e. The van der Waals surface area contributed by atoms with Crippen molar-refractivity contribution in [2.75, 3.05) is 25.7 Å². The molecular formula is C30H33N5O5. The molecule has 0 bridgehead atoms. The number of carbonyl (C=O) groups is 3. The molecule has 10 heteroatoms. The second kappa shape index (κ2) is 12.9. The normalized spacial score (nSPS) is 11.7. The van der Waals surface area contributed by atoms with Crippen LogP contribution in [0.1, 0.15) is 42.2 Å². The lowest BCUT2D eigenvalue weighted by molar-refractivity contribution is -0.127. The maximum atomic E-state index is 14.2. The zero-order chi connectivity index (χ0) is 28.6. The molecule has 1 heterocycles. The molecule has 1 N–H and O–H groups in total. The van der Waals surface area contributed by atoms with E-state index in [1.807, 2.05) is 24.3 Å². The Bertz CT molecular complexity index is 1500. The Morgan fingerprint density at radius 3 is 2.50 bits per heavy atom. The van der Waals surface area contributed by atoms with Crippen LogP contribution < -0.4 is 15.0 Å². The third-order valence-electron chi connectivity index (χ3n) is 6.46. The molecule has 0 spiro atoms. The number of ether oxygens (including phenoxy) is 2. The van der Waals surface area contributed by atoms with E-state index in [0.717, 1.165) is 6.42 Å². The number of nitrogens with zero attached hydrogens (tertiary/aromatic N) is 4. The fourth-order valence-corrected chi connectivity index (χ4v) is 4.39. The number of anilines is 1. The monoisotopic (exact) mass is 543 g/mol. The summed E-state index contributed by atoms with van der Waals surface area (Å²) in [6.07, 6.45) is 0.771. The molecule has 208 valence electrons. The van der Waals surface area contributed by atoms with E-state index in [1.54, 1.807) is 42.5 Å². The average molecular weight is 544 g/mol. The molecule has 1 aromatic heterocycles. The summed E-state index contributed by atoms with van der Waals surface area (Å²) < 4.78 is 11.8. The molecule has 0 aliphatic heterocycles. The molecule has 4 rings (SSSR count). The number of rotatable bonds is 11. The fraction of sp³-hybridized carbons (Fsp3) is 0.300. The lowest BCUT2D eigenvalue weighted by atomic mass is 10.0. The van der Waals surface area contributed by atoms with Gasteiger partial charge in [0.15, 0.2) is 0 Å². The Labute approximate surface area is 232 Å². The molecule has 0 radical (unpaired) electrons. The van der Waals surface area contributed by atoms with E-state index in [2.05, 4.69) is 29.5 Å². The topological polar surface area (TPSA) is 116 Å². The van der Waals surface area contributed by atoms with Gasteiger partial charge < -0.3 is 14.8 Å². The zero-order valence-electron chi connectivity index (χ0n) is 23.0. The van der Waals surface area contributed by atoms with Crippen LogP contribution in [0.3, 0.4) is 0 Å². The number of amides is 2. The second-order valence-electron chi connectivity index (χ2n) is 9.69. The van der Waals surface area contributed by atoms with E-state index in [-0.39, 0.29) is 18.0 Å². The number of methoxy groups -OCH3 is 2. The van der Waals surface area contributed by atoms with Gasteiger partial charge in [-0.1, -0.05) is 49.4 Å². The number of carbonyl (C=O) groups excluding carboxylic acids is 3. The van der Waals surface area contributed by atoms with Crippen LogP contribution in [0.4, 0.5) is 5.69 Å². The van der Waals surface area contributed by atoms with Gasteiger partial charge in [0, 0.05) is 12.2 Å². The Hall–Kier alpha value is -4.73. The lowest BCUT2D eigenvalue weighted by Crippen LogP contribution is -2.45. The summed E-state index contributed by atoms with van der Waals surface area (Å²) in [5.41, 5.74) is 2.46. The molecule has 4 aromatic rings. The largest absolute Gasteiger partial charge is 0.497 e. The Balaban J connectivity index is 1.83. The van der Waals surface area contributed by atoms with E-state index in [1.165, 1.54) is 29.9 Å². The van der Waals surface area contributed by atoms with E-state index in [4.69, 9.17) is 9.47 Å². The molecule has 40 heavy (non-hydrogen) atoms. The van der Waals surface area contributed by atoms with Gasteiger partial charge in [-0.3, -0.25) is 14.5 Å². The first-order valence-corrected chi connectivity index (χ1v) is 13.0. The van der Waals surface area contributed by atoms with Crippen molar-refractivity contribution in [3.05, 3.63) is 83.9 Å². The van der Waals surface area contributed by atoms with Gasteiger partial charge in [-0.05, 0) is 60.4 Å². The van der Waals surface area contributed by atoms with Gasteiger partial charge in [-0.15, -0.1) is 5.10 Å². The maximum Gasteiger partial charge on any atom is 0.337 e. The number of para-hydroxylation sites is 1. The standard InChI is InChI=1S/C30H33N5O5/c1-20(2)15-16-31-29(37)28(21-9-8-12-24(18-21)39-3)35(23-11-7-10-22(17-23)30(38)40-4)27(36)19-34-26-14-6-5-13-25(26)32-33-34/h5-14,17-18,20,28H,15-16,19H2,1-4H3,(H,31,37)/t28-/m0/s1. The molecule has 0 fully saturated rings. The Morgan fingerprint density at radius 1 is 0.975 bits per heavy atom. The number of hydrogen-bond donors (Lipinski definition) is 1. The molecule has 10 nitrogen and oxygen atoms in total. The van der Waals surface area contributed by atoms with Crippen LogP contribution in [-0.4, -0.2) is 53.5 Å². The van der Waals surface area contributed by atoms with Crippen LogP contribution in [0, 0.1) is 5.92 Å². The molecular weight excluding hydrogens is 510 g/mol. The van der Waals surface area contributed by atoms with Crippen molar-refractivity contribution in [1.82, 2.24) is 20.3 Å². The number of esters is 1. The molecule has 0 saturated carbocycles. The average Bonchev–Trinajstić information content (AvgIpc) is 3.37. The molecule has 0 aliphatic rings. The molecule has 1 atom stereocenters. The number of hydrogen-bond acceptors (Lipinski definition) is 7. The molecule has 0 aliphatic carbocycles. The van der Waals surface area contributed by atoms with E-state index in [0.29, 0.717) is 40.5 Å². The van der Waals surface area contributed by atoms with Crippen LogP contribution in [0.2, 0.25) is 0 Å². The zero-order valence-corrected chi connectivity index (χ0v) is 23.0. The minimum atomic E-state index is -1.07. The molecule has 3 aromatic carbocycles. The van der Waals surface area contributed by atoms with E-state index >= 15 is 0 Å². The predicted molar refractivity (Wildman–Crippen MR) is 151 cm³/mol. The SMILES string of the molecule is COC(=O)c1cccc(N(C(=O)Cn2nnc3ccccc32)[C@H](C(=O)NCCC(C)C)c2cccc(OC)c2)c1. The molecule has 0 unspecified atom stereocenters. The summed E-state index contributed by atoms with van der Waals surface area (Å²) in [5, 5.41) is 11.3. The Morgan fingerprint density at radius 2 is 1.75 bits per heavy atom. The van der Waals surface area contributed by atoms with Gasteiger partial charge in [0.05, 0.1) is 25.3 Å². The third-order valence-corrected chi connectivity index (χ3v) is 6.46. The summed E-state index contributed by atoms with van der Waals surface area (Å²) in [6.45, 7) is 4.39. The van der Waals surface area contributed by atoms with E-state index in [9.17, 15) is 14.4 Å². The van der Waals surface area contributed by atoms with Crippen molar-refractivity contribution >= 4 is 34.5 Å². The number of aromatic nitrogens is 3. The van der Waals surface area contributed by atoms with Crippen LogP contribution in [-0.2, 0) is 20.9 Å². The van der Waals surface area contributed by atoms with Gasteiger partial charge in [0.2, 0.25) is 11.8 Å². The van der Waals surface area contributed by atoms with Crippen molar-refractivity contribution < 1.29 is 23.9 Å². The number of benzene rings is 3. The summed E-state index contributed by atoms with van der Waals surface area (Å²) in [6, 6.07) is 19.7. The maximum absolute atomic E-state index is 14.2. The first-order valence-electron chi connectivity index (χ1n) is 13.0. The number of fused-ring (bicyclic) bond motifs is 1. The van der Waals surface area contributed by atoms with Crippen molar-refractivity contribution in [1.29, 1.82) is 0 Å². The van der Waals surface area contributed by atoms with Crippen molar-refractivity contribution in [2.45, 2.75) is 32.9 Å². The first-order chi connectivity index (χ1) is 19.3. The van der Waals surface area contributed by atoms with Gasteiger partial charge in [-0.25, -0.2) is 9.48 Å². The van der Waals surface area contributed by atoms with Crippen LogP contribution in [0.5, 0.6) is 5.75 Å². The van der Waals surface area contributed by atoms with Crippen molar-refractivity contribution in [3.63, 3.8) is 0 Å². The highest BCUT2D eigenvalue weighted by Gasteiger charge is 2.34. The summed E-state index contributed by atoms with van der Waals surface area (Å²) in [7, 11) is 2.82. The van der Waals surface area contributed by atoms with Crippen LogP contribution in [0.25, 0.3) is 11.0 Å². The highest BCUT2D eigenvalue weighted by molar-refractivity contribution is 6.02. The van der Waals surface area contributed by atoms with Crippen molar-refractivity contribution in [3.8, 4) is 5.75 Å². The molecule has 0 saturated heterocycles. The quantitative estimate of drug-likeness (QED) is 0.282. The lowest BCUT2D eigenvalue weighted by Gasteiger charge is -2.32. The van der Waals surface area contributed by atoms with Gasteiger partial charge >= 0.3 is 5.97 Å². The summed E-state index contributed by atoms with van der Waals surface area (Å²) in [4.78, 5) is 41.8. The summed E-state index contributed by atoms with van der Waals surface area (Å²) >= 11 is 0. The Kier molecular flexibility index (Phi) is 9.11. The van der Waals surface area contributed by atoms with Crippen molar-refractivity contribution in [2.24, 2.45) is 5.92 Å². The van der Waals surface area contributed by atoms with Gasteiger partial charge in [-0.2, -0.15) is 0 Å². The second-order valence-corrected chi connectivity index (χ2v) is 9.69. The minimum Gasteiger partial charge on any atom is -0.497 e. The summed E-state index contributed by atoms with van der Waals surface area (Å²) in [5.74, 6) is -0.435. The van der Waals surface area contributed by atoms with E-state index < -0.39 is 17.9 Å². The number of nitrogens with one attached hydrogen (secondary N) is 1. The highest BCUT2D eigenvalue weighted by Crippen LogP contribution is 2.31. The molecule has 2 amide bonds.